The Kier molecular flexibility index (Phi) is 21.4. The molecule has 7 aliphatic rings. The summed E-state index contributed by atoms with van der Waals surface area (Å²) in [5.41, 5.74) is 4.22. The van der Waals surface area contributed by atoms with Crippen molar-refractivity contribution in [2.24, 2.45) is 20.0 Å². The Labute approximate surface area is 631 Å². The zero-order valence-corrected chi connectivity index (χ0v) is 68.2. The van der Waals surface area contributed by atoms with Crippen LogP contribution < -0.4 is 11.0 Å². The maximum atomic E-state index is 13.1. The number of amides is 2. The van der Waals surface area contributed by atoms with E-state index in [1.54, 1.807) is 0 Å². The van der Waals surface area contributed by atoms with Gasteiger partial charge in [0.25, 0.3) is 11.8 Å². The molecule has 1 fully saturated rings. The molecule has 4 N–H and O–H groups in total. The van der Waals surface area contributed by atoms with Crippen LogP contribution in [0.25, 0.3) is 21.5 Å². The summed E-state index contributed by atoms with van der Waals surface area (Å²) in [6.45, 7) is 15.1. The van der Waals surface area contributed by atoms with Gasteiger partial charge in [-0.25, -0.2) is 4.79 Å². The third kappa shape index (κ3) is 14.5. The second-order valence-corrected chi connectivity index (χ2v) is 52.1. The zero-order chi connectivity index (χ0) is 77.2. The number of hydrogen-bond donors (Lipinski definition) is 4. The van der Waals surface area contributed by atoms with Crippen molar-refractivity contribution in [1.82, 2.24) is 13.5 Å². The van der Waals surface area contributed by atoms with Gasteiger partial charge in [-0.2, -0.15) is 0 Å². The van der Waals surface area contributed by atoms with E-state index in [1.807, 2.05) is 48.5 Å². The van der Waals surface area contributed by atoms with Crippen LogP contribution in [0.3, 0.4) is 0 Å². The van der Waals surface area contributed by atoms with Crippen LogP contribution in [0.15, 0.2) is 117 Å². The van der Waals surface area contributed by atoms with Crippen LogP contribution >= 0.6 is 0 Å². The molecule has 108 heavy (non-hydrogen) atoms. The molecular formula is C72H99N11O18S4Si3+2. The van der Waals surface area contributed by atoms with Crippen molar-refractivity contribution < 1.29 is 96.8 Å². The average molecular weight is 1620 g/mol. The summed E-state index contributed by atoms with van der Waals surface area (Å²) in [5.74, 6) is -0.435. The van der Waals surface area contributed by atoms with Gasteiger partial charge < -0.3 is 4.84 Å². The van der Waals surface area contributed by atoms with Gasteiger partial charge in [-0.05, 0) is 0 Å². The average Bonchev–Trinajstić information content (AvgIpc) is 1.31. The van der Waals surface area contributed by atoms with Gasteiger partial charge in [0.05, 0.1) is 0 Å². The number of hydrogen-bond acceptors (Lipinski definition) is 18. The summed E-state index contributed by atoms with van der Waals surface area (Å²) in [7, 11) is -31.9. The molecule has 1 spiro atoms. The molecule has 0 bridgehead atoms. The van der Waals surface area contributed by atoms with Crippen LogP contribution in [0, 0.1) is 0 Å². The molecule has 0 radical (unpaired) electrons. The molecule has 584 valence electrons. The second-order valence-electron chi connectivity index (χ2n) is 31.6. The number of quaternary nitrogens is 2. The third-order valence-electron chi connectivity index (χ3n) is 22.8. The Hall–Kier alpha value is -7.02. The zero-order valence-electron chi connectivity index (χ0n) is 61.9. The van der Waals surface area contributed by atoms with E-state index >= 15 is 0 Å². The molecule has 1 saturated heterocycles. The van der Waals surface area contributed by atoms with E-state index in [4.69, 9.17) is 24.8 Å². The number of aromatic nitrogens is 2. The Bertz CT molecular complexity index is 5180. The summed E-state index contributed by atoms with van der Waals surface area (Å²) in [4.78, 5) is 66.6. The molecule has 2 amide bonds. The van der Waals surface area contributed by atoms with Crippen LogP contribution in [0.2, 0.25) is 38.3 Å². The van der Waals surface area contributed by atoms with Crippen LogP contribution in [0.4, 0.5) is 11.6 Å². The molecule has 13 rings (SSSR count). The fourth-order valence-corrected chi connectivity index (χ4v) is 42.9. The SMILES string of the molecule is CCCC[N+](CCCCS(=O)(=O)O)(CCCCS(=O)(=O)O)CCC[Si](C)(C)O[Si-2]123(O[Si](C)(C)CCC[N+](CCCCCC(=O)ON4C(=O)CCC4=O)(CCCCS(=O)(=O)O)CCCCS(=O)(=O)O)n4c5c6ccccc6c4N=C4c6ccccc6C(=[N+]41)N=c1c4ccccc4c(n12)=NC1=[N+]3C(=N5)c2ccccc21. The predicted octanol–water partition coefficient (Wildman–Crippen LogP) is 8.82. The summed E-state index contributed by atoms with van der Waals surface area (Å²) in [6.07, 6.45) is 6.19. The molecule has 9 heterocycles. The van der Waals surface area contributed by atoms with Gasteiger partial charge in [-0.3, -0.25) is 9.59 Å². The van der Waals surface area contributed by atoms with Crippen LogP contribution in [-0.4, -0.2) is 224 Å². The molecule has 4 aromatic carbocycles. The summed E-state index contributed by atoms with van der Waals surface area (Å²) in [5, 5.41) is 3.66. The summed E-state index contributed by atoms with van der Waals surface area (Å²) in [6, 6.07) is 33.4. The van der Waals surface area contributed by atoms with Crippen molar-refractivity contribution in [3.05, 3.63) is 130 Å². The van der Waals surface area contributed by atoms with Gasteiger partial charge in [0.2, 0.25) is 0 Å². The van der Waals surface area contributed by atoms with Gasteiger partial charge >= 0.3 is 587 Å². The van der Waals surface area contributed by atoms with Gasteiger partial charge in [0.1, 0.15) is 0 Å². The number of hydroxylamine groups is 2. The third-order valence-corrected chi connectivity index (χ3v) is 42.7. The first kappa shape index (κ1) is 79.1. The number of imide groups is 1. The van der Waals surface area contributed by atoms with Crippen molar-refractivity contribution >= 4 is 139 Å². The van der Waals surface area contributed by atoms with Crippen molar-refractivity contribution in [2.45, 2.75) is 161 Å². The van der Waals surface area contributed by atoms with E-state index in [9.17, 15) is 74.5 Å². The molecule has 0 saturated carbocycles. The first-order chi connectivity index (χ1) is 51.0. The van der Waals surface area contributed by atoms with E-state index in [-0.39, 0.29) is 44.9 Å². The Morgan fingerprint density at radius 1 is 0.454 bits per heavy atom. The molecule has 36 heteroatoms. The van der Waals surface area contributed by atoms with E-state index in [0.29, 0.717) is 182 Å². The van der Waals surface area contributed by atoms with Crippen molar-refractivity contribution in [3.63, 3.8) is 0 Å². The molecule has 0 aliphatic carbocycles. The fourth-order valence-electron chi connectivity index (χ4n) is 18.4. The molecule has 0 unspecified atom stereocenters. The van der Waals surface area contributed by atoms with Gasteiger partial charge in [0, 0.05) is 12.8 Å². The molecule has 7 aliphatic heterocycles. The number of rotatable bonds is 42. The Morgan fingerprint density at radius 3 is 1.18 bits per heavy atom. The van der Waals surface area contributed by atoms with E-state index in [0.717, 1.165) is 56.6 Å². The van der Waals surface area contributed by atoms with E-state index in [1.165, 1.54) is 0 Å². The number of unbranched alkanes of at least 4 members (excludes halogenated alkanes) is 7. The minimum absolute atomic E-state index is 0.0503. The number of carbonyl (C=O) groups excluding carboxylic acids is 3. The van der Waals surface area contributed by atoms with E-state index in [2.05, 4.69) is 98.6 Å². The van der Waals surface area contributed by atoms with Gasteiger partial charge in [-0.15, -0.1) is 5.06 Å². The Balaban J connectivity index is 0.998. The predicted molar refractivity (Wildman–Crippen MR) is 415 cm³/mol. The molecular weight excluding hydrogens is 1520 g/mol. The van der Waals surface area contributed by atoms with Crippen molar-refractivity contribution in [2.75, 3.05) is 75.4 Å². The summed E-state index contributed by atoms with van der Waals surface area (Å²) >= 11 is 0. The molecule has 6 aromatic rings. The normalized spacial score (nSPS) is 18.0. The monoisotopic (exact) mass is 1620 g/mol. The number of nitrogens with zero attached hydrogens (tertiary/aromatic N) is 11. The number of benzene rings is 4. The number of aliphatic imine (C=N–C) groups is 2. The first-order valence-corrected chi connectivity index (χ1v) is 53.0. The van der Waals surface area contributed by atoms with Crippen LogP contribution in [0.1, 0.15) is 145 Å². The number of fused-ring (bicyclic) bond motifs is 12. The number of amidine groups is 4. The second kappa shape index (κ2) is 29.3. The summed E-state index contributed by atoms with van der Waals surface area (Å²) < 4.78 is 167. The molecule has 0 atom stereocenters. The topological polar surface area (TPSA) is 365 Å². The van der Waals surface area contributed by atoms with E-state index < -0.39 is 106 Å². The number of carbonyl (C=O) groups is 3. The Morgan fingerprint density at radius 2 is 0.796 bits per heavy atom. The standard InChI is InChI=1S/C72H97N11O18S4Si3/c1-6-7-40-82(42-19-23-48-102(87,88)89,43-20-24-49-103(90,91)92)46-27-52-106(2,3)100-108(101-107(4,5)53-28-47-83(44-21-25-50-104(93,94)95,45-22-26-51-105(96,97)98)41-18-8-9-37-64(86)99-77-62(84)38-39-63(77)85)78-65-54-29-10-11-30-55(54)66(78)74-68-58-33-14-15-34-59(58)70(80(68)108)76-72-61-36-17-16-35-60(61)71(81(72)108)75-69-57-32-13-12-31-56(57)67(73-65)79(69)108/h10-17,29-36H,6-9,18-28,37-53H2,1-5H3,(H2-2,87,88,89,90,91,92,93,94,95,96,97,98)/p+2. The molecule has 2 aromatic heterocycles. The first-order valence-electron chi connectivity index (χ1n) is 37.8. The minimum atomic E-state index is -7.36. The van der Waals surface area contributed by atoms with Gasteiger partial charge in [0.15, 0.2) is 0 Å². The van der Waals surface area contributed by atoms with Crippen LogP contribution in [-0.2, 0) is 67.9 Å². The van der Waals surface area contributed by atoms with Gasteiger partial charge in [-0.1, -0.05) is 0 Å². The van der Waals surface area contributed by atoms with Crippen molar-refractivity contribution in [1.29, 1.82) is 0 Å². The molecule has 29 nitrogen and oxygen atoms in total. The quantitative estimate of drug-likeness (QED) is 0.00913. The van der Waals surface area contributed by atoms with Crippen LogP contribution in [0.5, 0.6) is 0 Å². The fraction of sp³-hybridized carbons (Fsp3) is 0.514. The van der Waals surface area contributed by atoms with Crippen molar-refractivity contribution in [3.8, 4) is 0 Å². The maximum absolute atomic E-state index is 13.1.